The van der Waals surface area contributed by atoms with Crippen LogP contribution in [0.15, 0.2) is 73.6 Å². The van der Waals surface area contributed by atoms with Crippen molar-refractivity contribution in [1.29, 1.82) is 0 Å². The second kappa shape index (κ2) is 12.1. The normalized spacial score (nSPS) is 30.0. The molecule has 2 saturated heterocycles. The highest BCUT2D eigenvalue weighted by molar-refractivity contribution is 7.88. The highest BCUT2D eigenvalue weighted by atomic mass is 32.2. The molecular weight excluding hydrogens is 701 g/mol. The Hall–Kier alpha value is -3.40. The van der Waals surface area contributed by atoms with E-state index in [1.165, 1.54) is 43.4 Å². The molecule has 0 amide bonds. The summed E-state index contributed by atoms with van der Waals surface area (Å²) in [5, 5.41) is 22.2. The van der Waals surface area contributed by atoms with E-state index in [4.69, 9.17) is 0 Å². The molecule has 4 aromatic rings. The van der Waals surface area contributed by atoms with E-state index in [0.717, 1.165) is 49.9 Å². The summed E-state index contributed by atoms with van der Waals surface area (Å²) in [5.41, 5.74) is 6.89. The van der Waals surface area contributed by atoms with Crippen LogP contribution in [0.1, 0.15) is 61.7 Å². The van der Waals surface area contributed by atoms with Crippen molar-refractivity contribution in [2.45, 2.75) is 62.8 Å². The number of aliphatic hydroxyl groups excluding tert-OH is 2. The van der Waals surface area contributed by atoms with Crippen LogP contribution in [0.4, 0.5) is 0 Å². The summed E-state index contributed by atoms with van der Waals surface area (Å²) in [6.07, 6.45) is 14.1. The Morgan fingerprint density at radius 3 is 1.33 bits per heavy atom. The molecule has 12 nitrogen and oxygen atoms in total. The van der Waals surface area contributed by atoms with Crippen molar-refractivity contribution in [3.05, 3.63) is 84.7 Å². The third kappa shape index (κ3) is 5.19. The lowest BCUT2D eigenvalue weighted by atomic mass is 9.53. The number of nitrogens with zero attached hydrogens (tertiary/aromatic N) is 6. The Morgan fingerprint density at radius 2 is 0.981 bits per heavy atom. The maximum Gasteiger partial charge on any atom is 0.211 e. The number of hydrogen-bond donors (Lipinski definition) is 2. The van der Waals surface area contributed by atoms with Crippen LogP contribution in [-0.2, 0) is 20.0 Å². The molecule has 2 spiro atoms. The molecule has 10 rings (SSSR count). The minimum absolute atomic E-state index is 0.122. The maximum absolute atomic E-state index is 11.8. The summed E-state index contributed by atoms with van der Waals surface area (Å²) in [7, 11) is -6.28. The molecule has 2 aromatic heterocycles. The molecule has 6 heterocycles. The predicted octanol–water partition coefficient (Wildman–Crippen LogP) is 3.75. The fourth-order valence-electron chi connectivity index (χ4n) is 10.7. The number of aromatic nitrogens is 4. The summed E-state index contributed by atoms with van der Waals surface area (Å²) >= 11 is 0. The first-order valence-corrected chi connectivity index (χ1v) is 22.0. The van der Waals surface area contributed by atoms with Crippen LogP contribution < -0.4 is 0 Å². The number of hydrogen-bond acceptors (Lipinski definition) is 8. The predicted molar refractivity (Wildman–Crippen MR) is 196 cm³/mol. The topological polar surface area (TPSA) is 151 Å². The zero-order chi connectivity index (χ0) is 36.2. The molecule has 2 aliphatic carbocycles. The summed E-state index contributed by atoms with van der Waals surface area (Å²) in [6, 6.07) is 17.0. The van der Waals surface area contributed by atoms with Crippen LogP contribution in [0, 0.1) is 22.7 Å². The van der Waals surface area contributed by atoms with Gasteiger partial charge in [-0.25, -0.2) is 35.4 Å². The number of piperidine rings is 2. The van der Waals surface area contributed by atoms with E-state index in [1.807, 2.05) is 37.2 Å². The maximum atomic E-state index is 11.8. The third-order valence-electron chi connectivity index (χ3n) is 13.6. The molecule has 2 N–H and O–H groups in total. The van der Waals surface area contributed by atoms with Gasteiger partial charge in [0.05, 0.1) is 73.2 Å². The van der Waals surface area contributed by atoms with Crippen LogP contribution in [-0.4, -0.2) is 106 Å². The van der Waals surface area contributed by atoms with E-state index in [0.29, 0.717) is 26.2 Å². The van der Waals surface area contributed by atoms with Crippen molar-refractivity contribution in [2.24, 2.45) is 22.7 Å². The van der Waals surface area contributed by atoms with Crippen molar-refractivity contribution in [3.8, 4) is 22.5 Å². The molecule has 4 aliphatic heterocycles. The van der Waals surface area contributed by atoms with Crippen LogP contribution in [0.2, 0.25) is 0 Å². The molecule has 0 bridgehead atoms. The minimum Gasteiger partial charge on any atom is -0.392 e. The minimum atomic E-state index is -3.14. The van der Waals surface area contributed by atoms with E-state index >= 15 is 0 Å². The van der Waals surface area contributed by atoms with E-state index < -0.39 is 32.3 Å². The summed E-state index contributed by atoms with van der Waals surface area (Å²) in [5.74, 6) is 0.299. The monoisotopic (exact) mass is 746 g/mol. The van der Waals surface area contributed by atoms with Crippen molar-refractivity contribution in [3.63, 3.8) is 0 Å². The van der Waals surface area contributed by atoms with Gasteiger partial charge in [-0.15, -0.1) is 0 Å². The largest absolute Gasteiger partial charge is 0.392 e. The average Bonchev–Trinajstić information content (AvgIpc) is 3.92. The Kier molecular flexibility index (Phi) is 7.97. The molecule has 6 atom stereocenters. The van der Waals surface area contributed by atoms with Crippen LogP contribution in [0.5, 0.6) is 0 Å². The van der Waals surface area contributed by atoms with E-state index in [9.17, 15) is 27.0 Å². The zero-order valence-corrected chi connectivity index (χ0v) is 31.1. The average molecular weight is 747 g/mol. The fourth-order valence-corrected chi connectivity index (χ4v) is 12.4. The second-order valence-corrected chi connectivity index (χ2v) is 20.1. The van der Waals surface area contributed by atoms with Gasteiger partial charge in [-0.2, -0.15) is 0 Å². The van der Waals surface area contributed by atoms with Crippen molar-refractivity contribution in [2.75, 3.05) is 38.7 Å². The van der Waals surface area contributed by atoms with Crippen molar-refractivity contribution < 1.29 is 27.0 Å². The van der Waals surface area contributed by atoms with Crippen LogP contribution in [0.3, 0.4) is 0 Å². The van der Waals surface area contributed by atoms with Gasteiger partial charge >= 0.3 is 0 Å². The zero-order valence-electron chi connectivity index (χ0n) is 29.5. The molecular formula is C38H46N6O6S2. The molecule has 4 fully saturated rings. The SMILES string of the molecule is CS(=O)(=O)N1CCC2(CC1)C[C@@H]([C@@H]1c3ccccc3-c3cncn31)[C@H]2O.CS(=O)(=O)N1CCC2(CC1)C[C@H]([C@H]1c3ccccc3-c3cncn31)[C@@H]2O. The summed E-state index contributed by atoms with van der Waals surface area (Å²) in [6.45, 7) is 2.06. The van der Waals surface area contributed by atoms with Crippen LogP contribution >= 0.6 is 0 Å². The lowest BCUT2D eigenvalue weighted by Crippen LogP contribution is -2.59. The highest BCUT2D eigenvalue weighted by Gasteiger charge is 2.59. The Balaban J connectivity index is 0.000000138. The van der Waals surface area contributed by atoms with E-state index in [1.54, 1.807) is 0 Å². The number of imidazole rings is 2. The number of sulfonamides is 2. The fraction of sp³-hybridized carbons (Fsp3) is 0.526. The van der Waals surface area contributed by atoms with Crippen molar-refractivity contribution in [1.82, 2.24) is 27.7 Å². The Labute approximate surface area is 305 Å². The third-order valence-corrected chi connectivity index (χ3v) is 16.2. The first-order chi connectivity index (χ1) is 24.8. The highest BCUT2D eigenvalue weighted by Crippen LogP contribution is 2.61. The van der Waals surface area contributed by atoms with Crippen molar-refractivity contribution >= 4 is 20.0 Å². The van der Waals surface area contributed by atoms with Gasteiger partial charge in [0.25, 0.3) is 0 Å². The molecule has 0 radical (unpaired) electrons. The van der Waals surface area contributed by atoms with Gasteiger partial charge in [-0.1, -0.05) is 48.5 Å². The first-order valence-electron chi connectivity index (χ1n) is 18.3. The van der Waals surface area contributed by atoms with Gasteiger partial charge in [0, 0.05) is 49.1 Å². The number of fused-ring (bicyclic) bond motifs is 6. The molecule has 2 aromatic carbocycles. The molecule has 14 heteroatoms. The van der Waals surface area contributed by atoms with Gasteiger partial charge in [0.15, 0.2) is 0 Å². The molecule has 0 unspecified atom stereocenters. The standard InChI is InChI=1S/2C19H23N3O3S/c2*1-26(24,25)21-8-6-19(7-9-21)10-15(18(19)23)17-14-5-3-2-4-13(14)16-11-20-12-22(16)17/h2*2-5,11-12,15,17-18,23H,6-10H2,1H3/t2*15-,17-,18+/m10/s1. The quantitative estimate of drug-likeness (QED) is 0.321. The van der Waals surface area contributed by atoms with Gasteiger partial charge in [-0.3, -0.25) is 0 Å². The first kappa shape index (κ1) is 34.4. The second-order valence-electron chi connectivity index (χ2n) is 16.1. The smallest absolute Gasteiger partial charge is 0.211 e. The lowest BCUT2D eigenvalue weighted by molar-refractivity contribution is -0.152. The van der Waals surface area contributed by atoms with Gasteiger partial charge in [0.2, 0.25) is 20.0 Å². The molecule has 52 heavy (non-hydrogen) atoms. The molecule has 6 aliphatic rings. The number of aliphatic hydroxyl groups is 2. The molecule has 276 valence electrons. The number of rotatable bonds is 4. The van der Waals surface area contributed by atoms with Crippen LogP contribution in [0.25, 0.3) is 22.5 Å². The van der Waals surface area contributed by atoms with Gasteiger partial charge < -0.3 is 19.3 Å². The van der Waals surface area contributed by atoms with Gasteiger partial charge in [-0.05, 0) is 60.5 Å². The Bertz CT molecular complexity index is 2080. The summed E-state index contributed by atoms with van der Waals surface area (Å²) < 4.78 is 54.5. The molecule has 2 saturated carbocycles. The van der Waals surface area contributed by atoms with E-state index in [-0.39, 0.29) is 34.7 Å². The van der Waals surface area contributed by atoms with Gasteiger partial charge in [0.1, 0.15) is 0 Å². The lowest BCUT2D eigenvalue weighted by Gasteiger charge is -2.57. The van der Waals surface area contributed by atoms with E-state index in [2.05, 4.69) is 55.5 Å². The summed E-state index contributed by atoms with van der Waals surface area (Å²) in [4.78, 5) is 8.62. The number of benzene rings is 2. The Morgan fingerprint density at radius 1 is 0.615 bits per heavy atom.